The zero-order valence-electron chi connectivity index (χ0n) is 12.3. The highest BCUT2D eigenvalue weighted by Crippen LogP contribution is 2.20. The quantitative estimate of drug-likeness (QED) is 0.824. The number of carbonyl (C=O) groups is 1. The van der Waals surface area contributed by atoms with Gasteiger partial charge in [-0.3, -0.25) is 9.78 Å². The van der Waals surface area contributed by atoms with E-state index in [1.807, 2.05) is 12.1 Å². The molecule has 0 aliphatic carbocycles. The third kappa shape index (κ3) is 4.26. The van der Waals surface area contributed by atoms with E-state index in [0.29, 0.717) is 5.69 Å². The lowest BCUT2D eigenvalue weighted by molar-refractivity contribution is 0.0930. The van der Waals surface area contributed by atoms with Crippen molar-refractivity contribution in [2.45, 2.75) is 32.2 Å². The highest BCUT2D eigenvalue weighted by atomic mass is 32.1. The Morgan fingerprint density at radius 2 is 2.33 bits per heavy atom. The van der Waals surface area contributed by atoms with E-state index in [9.17, 15) is 4.79 Å². The first-order valence-electron chi connectivity index (χ1n) is 7.08. The monoisotopic (exact) mass is 304 g/mol. The normalized spacial score (nSPS) is 11.9. The number of hydrogen-bond acceptors (Lipinski definition) is 5. The van der Waals surface area contributed by atoms with Crippen molar-refractivity contribution in [2.24, 2.45) is 0 Å². The molecule has 0 radical (unpaired) electrons. The molecule has 0 saturated heterocycles. The van der Waals surface area contributed by atoms with Gasteiger partial charge in [0.2, 0.25) is 0 Å². The van der Waals surface area contributed by atoms with Crippen LogP contribution in [0, 0.1) is 0 Å². The standard InChI is InChI=1S/C15H20N4OS/c1-3-4-7-12(11-6-5-8-17-9-11)18-14(20)13-10-21-15(16-2)19-13/h5-6,8-10,12H,3-4,7H2,1-2H3,(H,16,19)(H,18,20)/t12-/m1/s1. The van der Waals surface area contributed by atoms with Crippen LogP contribution in [0.1, 0.15) is 48.3 Å². The molecule has 0 saturated carbocycles. The molecule has 2 aromatic heterocycles. The van der Waals surface area contributed by atoms with E-state index in [-0.39, 0.29) is 11.9 Å². The molecular weight excluding hydrogens is 284 g/mol. The number of nitrogens with zero attached hydrogens (tertiary/aromatic N) is 2. The molecule has 2 N–H and O–H groups in total. The molecular formula is C15H20N4OS. The Kier molecular flexibility index (Phi) is 5.68. The number of hydrogen-bond donors (Lipinski definition) is 2. The number of anilines is 1. The van der Waals surface area contributed by atoms with Crippen molar-refractivity contribution < 1.29 is 4.79 Å². The van der Waals surface area contributed by atoms with Crippen LogP contribution in [0.25, 0.3) is 0 Å². The highest BCUT2D eigenvalue weighted by molar-refractivity contribution is 7.13. The molecule has 1 atom stereocenters. The zero-order valence-corrected chi connectivity index (χ0v) is 13.1. The third-order valence-corrected chi connectivity index (χ3v) is 4.05. The van der Waals surface area contributed by atoms with Crippen LogP contribution in [0.4, 0.5) is 5.13 Å². The summed E-state index contributed by atoms with van der Waals surface area (Å²) < 4.78 is 0. The number of unbranched alkanes of at least 4 members (excludes halogenated alkanes) is 1. The van der Waals surface area contributed by atoms with Gasteiger partial charge in [-0.2, -0.15) is 0 Å². The highest BCUT2D eigenvalue weighted by Gasteiger charge is 2.17. The van der Waals surface area contributed by atoms with E-state index in [4.69, 9.17) is 0 Å². The number of nitrogens with one attached hydrogen (secondary N) is 2. The van der Waals surface area contributed by atoms with Gasteiger partial charge in [0.25, 0.3) is 5.91 Å². The second-order valence-corrected chi connectivity index (χ2v) is 5.60. The van der Waals surface area contributed by atoms with Crippen molar-refractivity contribution in [3.05, 3.63) is 41.2 Å². The summed E-state index contributed by atoms with van der Waals surface area (Å²) in [5.74, 6) is -0.141. The number of thiazole rings is 1. The van der Waals surface area contributed by atoms with Gasteiger partial charge in [0, 0.05) is 24.8 Å². The minimum absolute atomic E-state index is 0.0223. The molecule has 2 rings (SSSR count). The lowest BCUT2D eigenvalue weighted by Crippen LogP contribution is -2.29. The fraction of sp³-hybridized carbons (Fsp3) is 0.400. The summed E-state index contributed by atoms with van der Waals surface area (Å²) in [4.78, 5) is 20.7. The van der Waals surface area contributed by atoms with Gasteiger partial charge in [0.05, 0.1) is 6.04 Å². The molecule has 0 aliphatic rings. The summed E-state index contributed by atoms with van der Waals surface area (Å²) in [5.41, 5.74) is 1.48. The van der Waals surface area contributed by atoms with Crippen LogP contribution < -0.4 is 10.6 Å². The second-order valence-electron chi connectivity index (χ2n) is 4.74. The number of amides is 1. The lowest BCUT2D eigenvalue weighted by atomic mass is 10.0. The summed E-state index contributed by atoms with van der Waals surface area (Å²) >= 11 is 1.42. The van der Waals surface area contributed by atoms with Crippen molar-refractivity contribution >= 4 is 22.4 Å². The summed E-state index contributed by atoms with van der Waals surface area (Å²) in [7, 11) is 1.79. The minimum atomic E-state index is -0.141. The first-order valence-corrected chi connectivity index (χ1v) is 7.96. The Hall–Kier alpha value is -1.95. The average Bonchev–Trinajstić information content (AvgIpc) is 3.01. The molecule has 0 bridgehead atoms. The predicted octanol–water partition coefficient (Wildman–Crippen LogP) is 3.24. The number of rotatable bonds is 7. The van der Waals surface area contributed by atoms with Gasteiger partial charge in [-0.15, -0.1) is 11.3 Å². The van der Waals surface area contributed by atoms with E-state index in [1.165, 1.54) is 11.3 Å². The van der Waals surface area contributed by atoms with Gasteiger partial charge in [0.1, 0.15) is 5.69 Å². The fourth-order valence-electron chi connectivity index (χ4n) is 2.04. The van der Waals surface area contributed by atoms with Crippen molar-refractivity contribution in [2.75, 3.05) is 12.4 Å². The Balaban J connectivity index is 2.09. The fourth-order valence-corrected chi connectivity index (χ4v) is 2.69. The molecule has 1 amide bonds. The van der Waals surface area contributed by atoms with Crippen molar-refractivity contribution in [1.82, 2.24) is 15.3 Å². The number of aromatic nitrogens is 2. The lowest BCUT2D eigenvalue weighted by Gasteiger charge is -2.18. The summed E-state index contributed by atoms with van der Waals surface area (Å²) in [6, 6.07) is 3.86. The van der Waals surface area contributed by atoms with Crippen LogP contribution in [-0.2, 0) is 0 Å². The van der Waals surface area contributed by atoms with Crippen LogP contribution in [-0.4, -0.2) is 22.9 Å². The molecule has 21 heavy (non-hydrogen) atoms. The minimum Gasteiger partial charge on any atom is -0.365 e. The number of pyridine rings is 1. The van der Waals surface area contributed by atoms with Gasteiger partial charge in [-0.05, 0) is 18.1 Å². The second kappa shape index (κ2) is 7.73. The van der Waals surface area contributed by atoms with E-state index in [1.54, 1.807) is 24.8 Å². The topological polar surface area (TPSA) is 66.9 Å². The molecule has 0 fully saturated rings. The van der Waals surface area contributed by atoms with Crippen LogP contribution in [0.2, 0.25) is 0 Å². The Morgan fingerprint density at radius 3 is 2.95 bits per heavy atom. The van der Waals surface area contributed by atoms with Gasteiger partial charge in [-0.1, -0.05) is 25.8 Å². The summed E-state index contributed by atoms with van der Waals surface area (Å²) in [5, 5.41) is 8.51. The Morgan fingerprint density at radius 1 is 1.48 bits per heavy atom. The van der Waals surface area contributed by atoms with E-state index < -0.39 is 0 Å². The van der Waals surface area contributed by atoms with Crippen LogP contribution in [0.3, 0.4) is 0 Å². The molecule has 2 aromatic rings. The first kappa shape index (κ1) is 15.4. The van der Waals surface area contributed by atoms with E-state index in [0.717, 1.165) is 30.0 Å². The average molecular weight is 304 g/mol. The molecule has 112 valence electrons. The number of carbonyl (C=O) groups excluding carboxylic acids is 1. The van der Waals surface area contributed by atoms with Crippen molar-refractivity contribution in [1.29, 1.82) is 0 Å². The Labute approximate surface area is 128 Å². The van der Waals surface area contributed by atoms with Gasteiger partial charge < -0.3 is 10.6 Å². The summed E-state index contributed by atoms with van der Waals surface area (Å²) in [6.45, 7) is 2.14. The molecule has 6 heteroatoms. The van der Waals surface area contributed by atoms with Gasteiger partial charge in [-0.25, -0.2) is 4.98 Å². The zero-order chi connectivity index (χ0) is 15.1. The molecule has 0 aromatic carbocycles. The molecule has 5 nitrogen and oxygen atoms in total. The van der Waals surface area contributed by atoms with Crippen molar-refractivity contribution in [3.63, 3.8) is 0 Å². The van der Waals surface area contributed by atoms with Gasteiger partial charge >= 0.3 is 0 Å². The van der Waals surface area contributed by atoms with E-state index in [2.05, 4.69) is 27.5 Å². The van der Waals surface area contributed by atoms with Gasteiger partial charge in [0.15, 0.2) is 5.13 Å². The molecule has 0 spiro atoms. The van der Waals surface area contributed by atoms with Crippen LogP contribution >= 0.6 is 11.3 Å². The molecule has 0 aliphatic heterocycles. The Bertz CT molecular complexity index is 570. The maximum Gasteiger partial charge on any atom is 0.271 e. The SMILES string of the molecule is CCCC[C@@H](NC(=O)c1csc(NC)n1)c1cccnc1. The maximum atomic E-state index is 12.3. The molecule has 0 unspecified atom stereocenters. The van der Waals surface area contributed by atoms with Crippen molar-refractivity contribution in [3.8, 4) is 0 Å². The predicted molar refractivity (Wildman–Crippen MR) is 85.6 cm³/mol. The largest absolute Gasteiger partial charge is 0.365 e. The van der Waals surface area contributed by atoms with E-state index >= 15 is 0 Å². The van der Waals surface area contributed by atoms with Crippen LogP contribution in [0.15, 0.2) is 29.9 Å². The summed E-state index contributed by atoms with van der Waals surface area (Å²) in [6.07, 6.45) is 6.59. The maximum absolute atomic E-state index is 12.3. The third-order valence-electron chi connectivity index (χ3n) is 3.19. The smallest absolute Gasteiger partial charge is 0.271 e. The molecule has 2 heterocycles. The first-order chi connectivity index (χ1) is 10.2. The van der Waals surface area contributed by atoms with Crippen LogP contribution in [0.5, 0.6) is 0 Å².